The lowest BCUT2D eigenvalue weighted by atomic mass is 10.3. The summed E-state index contributed by atoms with van der Waals surface area (Å²) in [6.45, 7) is 7.27. The molecule has 0 fully saturated rings. The van der Waals surface area contributed by atoms with Crippen LogP contribution in [0.25, 0.3) is 0 Å². The Bertz CT molecular complexity index is 329. The van der Waals surface area contributed by atoms with Gasteiger partial charge in [-0.05, 0) is 20.8 Å². The number of anilines is 2. The summed E-state index contributed by atoms with van der Waals surface area (Å²) in [6.07, 6.45) is 1.71. The first-order chi connectivity index (χ1) is 7.65. The van der Waals surface area contributed by atoms with E-state index >= 15 is 0 Å². The Morgan fingerprint density at radius 1 is 1.38 bits per heavy atom. The highest BCUT2D eigenvalue weighted by Gasteiger charge is 2.04. The molecule has 0 radical (unpaired) electrons. The van der Waals surface area contributed by atoms with Crippen molar-refractivity contribution in [2.24, 2.45) is 5.84 Å². The molecule has 0 spiro atoms. The number of nitrogens with two attached hydrogens (primary N) is 1. The lowest BCUT2D eigenvalue weighted by molar-refractivity contribution is 0.0870. The molecule has 0 saturated carbocycles. The summed E-state index contributed by atoms with van der Waals surface area (Å²) in [6, 6.07) is 0. The Balaban J connectivity index is 2.47. The quantitative estimate of drug-likeness (QED) is 0.379. The fourth-order valence-corrected chi connectivity index (χ4v) is 1.24. The zero-order chi connectivity index (χ0) is 12.0. The van der Waals surface area contributed by atoms with Gasteiger partial charge in [-0.25, -0.2) is 15.8 Å². The van der Waals surface area contributed by atoms with E-state index in [2.05, 4.69) is 20.7 Å². The van der Waals surface area contributed by atoms with Crippen molar-refractivity contribution in [3.8, 4) is 0 Å². The van der Waals surface area contributed by atoms with Crippen LogP contribution in [0.3, 0.4) is 0 Å². The predicted molar refractivity (Wildman–Crippen MR) is 64.2 cm³/mol. The van der Waals surface area contributed by atoms with Crippen molar-refractivity contribution in [1.29, 1.82) is 0 Å². The van der Waals surface area contributed by atoms with Crippen LogP contribution in [0.4, 0.5) is 11.6 Å². The molecule has 0 amide bonds. The van der Waals surface area contributed by atoms with Crippen LogP contribution in [0.2, 0.25) is 0 Å². The highest BCUT2D eigenvalue weighted by Crippen LogP contribution is 2.16. The third-order valence-electron chi connectivity index (χ3n) is 2.07. The van der Waals surface area contributed by atoms with Crippen LogP contribution < -0.4 is 16.6 Å². The van der Waals surface area contributed by atoms with Crippen molar-refractivity contribution in [2.75, 3.05) is 23.9 Å². The van der Waals surface area contributed by atoms with Gasteiger partial charge in [0, 0.05) is 12.1 Å². The minimum Gasteiger partial charge on any atom is -0.377 e. The van der Waals surface area contributed by atoms with E-state index in [0.717, 1.165) is 11.4 Å². The van der Waals surface area contributed by atoms with Crippen LogP contribution >= 0.6 is 0 Å². The van der Waals surface area contributed by atoms with Gasteiger partial charge in [0.1, 0.15) is 18.0 Å². The van der Waals surface area contributed by atoms with Gasteiger partial charge in [0.25, 0.3) is 0 Å². The molecule has 16 heavy (non-hydrogen) atoms. The number of ether oxygens (including phenoxy) is 1. The predicted octanol–water partition coefficient (Wildman–Crippen LogP) is 0.908. The molecule has 90 valence electrons. The number of rotatable bonds is 6. The largest absolute Gasteiger partial charge is 0.377 e. The number of nitrogens with zero attached hydrogens (tertiary/aromatic N) is 2. The summed E-state index contributed by atoms with van der Waals surface area (Å²) >= 11 is 0. The molecule has 6 heteroatoms. The SMILES string of the molecule is Cc1c(NN)ncnc1NCCOC(C)C. The van der Waals surface area contributed by atoms with Crippen LogP contribution in [0, 0.1) is 6.92 Å². The monoisotopic (exact) mass is 225 g/mol. The average Bonchev–Trinajstić information content (AvgIpc) is 2.26. The summed E-state index contributed by atoms with van der Waals surface area (Å²) in [5.41, 5.74) is 3.42. The maximum atomic E-state index is 5.41. The van der Waals surface area contributed by atoms with E-state index in [1.165, 1.54) is 6.33 Å². The molecule has 0 aliphatic heterocycles. The van der Waals surface area contributed by atoms with E-state index < -0.39 is 0 Å². The van der Waals surface area contributed by atoms with Crippen LogP contribution in [0.1, 0.15) is 19.4 Å². The Kier molecular flexibility index (Phi) is 4.94. The van der Waals surface area contributed by atoms with E-state index in [1.807, 2.05) is 20.8 Å². The molecular weight excluding hydrogens is 206 g/mol. The molecule has 0 aliphatic rings. The first kappa shape index (κ1) is 12.7. The summed E-state index contributed by atoms with van der Waals surface area (Å²) in [7, 11) is 0. The van der Waals surface area contributed by atoms with E-state index in [-0.39, 0.29) is 6.10 Å². The number of nitrogens with one attached hydrogen (secondary N) is 2. The van der Waals surface area contributed by atoms with Gasteiger partial charge < -0.3 is 15.5 Å². The second-order valence-corrected chi connectivity index (χ2v) is 3.69. The minimum atomic E-state index is 0.245. The molecule has 0 aliphatic carbocycles. The zero-order valence-corrected chi connectivity index (χ0v) is 9.95. The molecule has 1 heterocycles. The van der Waals surface area contributed by atoms with Gasteiger partial charge in [0.15, 0.2) is 0 Å². The molecule has 0 saturated heterocycles. The Hall–Kier alpha value is -1.40. The molecule has 1 aromatic rings. The van der Waals surface area contributed by atoms with Crippen molar-refractivity contribution in [1.82, 2.24) is 9.97 Å². The first-order valence-corrected chi connectivity index (χ1v) is 5.28. The van der Waals surface area contributed by atoms with Crippen molar-refractivity contribution in [3.05, 3.63) is 11.9 Å². The van der Waals surface area contributed by atoms with Crippen molar-refractivity contribution >= 4 is 11.6 Å². The minimum absolute atomic E-state index is 0.245. The van der Waals surface area contributed by atoms with Crippen molar-refractivity contribution in [2.45, 2.75) is 26.9 Å². The lowest BCUT2D eigenvalue weighted by Crippen LogP contribution is -2.16. The first-order valence-electron chi connectivity index (χ1n) is 5.28. The molecular formula is C10H19N5O. The van der Waals surface area contributed by atoms with Gasteiger partial charge in [0.05, 0.1) is 12.7 Å². The third kappa shape index (κ3) is 3.63. The van der Waals surface area contributed by atoms with Crippen LogP contribution in [-0.2, 0) is 4.74 Å². The van der Waals surface area contributed by atoms with E-state index in [9.17, 15) is 0 Å². The van der Waals surface area contributed by atoms with Crippen LogP contribution in [0.5, 0.6) is 0 Å². The molecule has 0 atom stereocenters. The normalized spacial score (nSPS) is 10.6. The summed E-state index contributed by atoms with van der Waals surface area (Å²) in [4.78, 5) is 8.13. The van der Waals surface area contributed by atoms with E-state index in [4.69, 9.17) is 10.6 Å². The number of hydrazine groups is 1. The van der Waals surface area contributed by atoms with Gasteiger partial charge in [-0.2, -0.15) is 0 Å². The summed E-state index contributed by atoms with van der Waals surface area (Å²) in [5.74, 6) is 6.72. The number of aromatic nitrogens is 2. The van der Waals surface area contributed by atoms with E-state index in [1.54, 1.807) is 0 Å². The highest BCUT2D eigenvalue weighted by atomic mass is 16.5. The summed E-state index contributed by atoms with van der Waals surface area (Å²) in [5, 5.41) is 3.17. The summed E-state index contributed by atoms with van der Waals surface area (Å²) < 4.78 is 5.41. The third-order valence-corrected chi connectivity index (χ3v) is 2.07. The van der Waals surface area contributed by atoms with Crippen LogP contribution in [0.15, 0.2) is 6.33 Å². The highest BCUT2D eigenvalue weighted by molar-refractivity contribution is 5.55. The van der Waals surface area contributed by atoms with Crippen LogP contribution in [-0.4, -0.2) is 29.2 Å². The fraction of sp³-hybridized carbons (Fsp3) is 0.600. The number of nitrogen functional groups attached to an aromatic ring is 1. The number of hydrogen-bond donors (Lipinski definition) is 3. The maximum absolute atomic E-state index is 5.41. The van der Waals surface area contributed by atoms with Gasteiger partial charge in [-0.3, -0.25) is 0 Å². The lowest BCUT2D eigenvalue weighted by Gasteiger charge is -2.12. The molecule has 6 nitrogen and oxygen atoms in total. The molecule has 4 N–H and O–H groups in total. The fourth-order valence-electron chi connectivity index (χ4n) is 1.24. The maximum Gasteiger partial charge on any atom is 0.148 e. The second kappa shape index (κ2) is 6.24. The van der Waals surface area contributed by atoms with Gasteiger partial charge in [0.2, 0.25) is 0 Å². The Morgan fingerprint density at radius 2 is 2.06 bits per heavy atom. The Labute approximate surface area is 95.6 Å². The molecule has 0 unspecified atom stereocenters. The van der Waals surface area contributed by atoms with Gasteiger partial charge >= 0.3 is 0 Å². The zero-order valence-electron chi connectivity index (χ0n) is 9.95. The second-order valence-electron chi connectivity index (χ2n) is 3.69. The Morgan fingerprint density at radius 3 is 2.69 bits per heavy atom. The molecule has 1 rings (SSSR count). The standard InChI is InChI=1S/C10H19N5O/c1-7(2)16-5-4-12-9-8(3)10(15-11)14-6-13-9/h6-7H,4-5,11H2,1-3H3,(H2,12,13,14,15). The van der Waals surface area contributed by atoms with E-state index in [0.29, 0.717) is 19.0 Å². The van der Waals surface area contributed by atoms with Crippen molar-refractivity contribution in [3.63, 3.8) is 0 Å². The van der Waals surface area contributed by atoms with Gasteiger partial charge in [-0.15, -0.1) is 0 Å². The topological polar surface area (TPSA) is 85.1 Å². The number of hydrogen-bond acceptors (Lipinski definition) is 6. The average molecular weight is 225 g/mol. The molecule has 0 bridgehead atoms. The van der Waals surface area contributed by atoms with Crippen molar-refractivity contribution < 1.29 is 4.74 Å². The molecule has 1 aromatic heterocycles. The molecule has 0 aromatic carbocycles. The smallest absolute Gasteiger partial charge is 0.148 e. The van der Waals surface area contributed by atoms with Gasteiger partial charge in [-0.1, -0.05) is 0 Å².